The first-order valence-corrected chi connectivity index (χ1v) is 11.0. The molecule has 27 heavy (non-hydrogen) atoms. The van der Waals surface area contributed by atoms with Crippen LogP contribution in [0.5, 0.6) is 0 Å². The molecule has 1 saturated carbocycles. The van der Waals surface area contributed by atoms with Crippen LogP contribution in [0.1, 0.15) is 49.6 Å². The Labute approximate surface area is 166 Å². The summed E-state index contributed by atoms with van der Waals surface area (Å²) in [4.78, 5) is 18.8. The van der Waals surface area contributed by atoms with Crippen LogP contribution in [0.2, 0.25) is 0 Å². The molecule has 0 saturated heterocycles. The van der Waals surface area contributed by atoms with Crippen molar-refractivity contribution in [3.63, 3.8) is 0 Å². The second-order valence-electron chi connectivity index (χ2n) is 8.44. The predicted molar refractivity (Wildman–Crippen MR) is 106 cm³/mol. The summed E-state index contributed by atoms with van der Waals surface area (Å²) in [6.07, 6.45) is 1.52. The van der Waals surface area contributed by atoms with Crippen molar-refractivity contribution in [1.82, 2.24) is 4.98 Å². The van der Waals surface area contributed by atoms with E-state index in [9.17, 15) is 20.1 Å². The number of carboxylic acids is 1. The fraction of sp³-hybridized carbons (Fsp3) is 0.600. The Balaban J connectivity index is 1.85. The lowest BCUT2D eigenvalue weighted by molar-refractivity contribution is -0.150. The van der Waals surface area contributed by atoms with Crippen molar-refractivity contribution in [3.8, 4) is 9.88 Å². The van der Waals surface area contributed by atoms with Gasteiger partial charge in [0.05, 0.1) is 29.7 Å². The SMILES string of the molecule is C[C@]1(CO)[C@H]2Cc3sc(-c4cccs4)nc3[C@@H](CC(=O)O)[C@]2(C)CC[C@H]1O. The number of aliphatic hydroxyl groups excluding tert-OH is 2. The van der Waals surface area contributed by atoms with Crippen LogP contribution in [-0.2, 0) is 11.2 Å². The van der Waals surface area contributed by atoms with Gasteiger partial charge in [0.25, 0.3) is 0 Å². The highest BCUT2D eigenvalue weighted by Crippen LogP contribution is 2.62. The Kier molecular flexibility index (Phi) is 4.70. The third kappa shape index (κ3) is 2.87. The van der Waals surface area contributed by atoms with E-state index in [-0.39, 0.29) is 30.3 Å². The minimum absolute atomic E-state index is 0.0206. The smallest absolute Gasteiger partial charge is 0.304 e. The first-order valence-electron chi connectivity index (χ1n) is 9.34. The van der Waals surface area contributed by atoms with Crippen LogP contribution in [0.15, 0.2) is 17.5 Å². The molecule has 2 heterocycles. The summed E-state index contributed by atoms with van der Waals surface area (Å²) in [7, 11) is 0. The summed E-state index contributed by atoms with van der Waals surface area (Å²) in [6.45, 7) is 3.99. The third-order valence-corrected chi connectivity index (χ3v) is 9.14. The second kappa shape index (κ2) is 6.65. The average Bonchev–Trinajstić information content (AvgIpc) is 3.29. The minimum atomic E-state index is -0.824. The molecule has 0 amide bonds. The topological polar surface area (TPSA) is 90.7 Å². The summed E-state index contributed by atoms with van der Waals surface area (Å²) in [6, 6.07) is 4.03. The number of aliphatic carboxylic acids is 1. The molecule has 146 valence electrons. The van der Waals surface area contributed by atoms with Gasteiger partial charge in [-0.3, -0.25) is 4.79 Å². The monoisotopic (exact) mass is 407 g/mol. The van der Waals surface area contributed by atoms with E-state index in [1.54, 1.807) is 22.7 Å². The maximum Gasteiger partial charge on any atom is 0.304 e. The zero-order valence-corrected chi connectivity index (χ0v) is 17.1. The van der Waals surface area contributed by atoms with E-state index in [2.05, 4.69) is 6.92 Å². The highest BCUT2D eigenvalue weighted by atomic mass is 32.1. The zero-order chi connectivity index (χ0) is 19.4. The van der Waals surface area contributed by atoms with Crippen LogP contribution in [0.3, 0.4) is 0 Å². The van der Waals surface area contributed by atoms with Crippen molar-refractivity contribution in [2.24, 2.45) is 16.7 Å². The number of hydrogen-bond acceptors (Lipinski definition) is 6. The lowest BCUT2D eigenvalue weighted by Gasteiger charge is -2.58. The highest BCUT2D eigenvalue weighted by molar-refractivity contribution is 7.21. The number of nitrogens with zero attached hydrogens (tertiary/aromatic N) is 1. The van der Waals surface area contributed by atoms with Gasteiger partial charge in [0.15, 0.2) is 0 Å². The van der Waals surface area contributed by atoms with E-state index in [0.717, 1.165) is 33.3 Å². The van der Waals surface area contributed by atoms with Crippen molar-refractivity contribution in [1.29, 1.82) is 0 Å². The van der Waals surface area contributed by atoms with Crippen LogP contribution in [-0.4, -0.2) is 39.0 Å². The van der Waals surface area contributed by atoms with Crippen molar-refractivity contribution in [2.75, 3.05) is 6.61 Å². The van der Waals surface area contributed by atoms with Gasteiger partial charge in [0, 0.05) is 16.2 Å². The van der Waals surface area contributed by atoms with Gasteiger partial charge in [0.2, 0.25) is 0 Å². The summed E-state index contributed by atoms with van der Waals surface area (Å²) in [5.74, 6) is -1.00. The van der Waals surface area contributed by atoms with Crippen molar-refractivity contribution >= 4 is 28.6 Å². The van der Waals surface area contributed by atoms with Gasteiger partial charge in [-0.15, -0.1) is 22.7 Å². The lowest BCUT2D eigenvalue weighted by atomic mass is 9.47. The third-order valence-electron chi connectivity index (χ3n) is 7.00. The molecule has 5 atom stereocenters. The molecule has 2 aromatic heterocycles. The largest absolute Gasteiger partial charge is 0.481 e. The molecule has 0 unspecified atom stereocenters. The van der Waals surface area contributed by atoms with Crippen LogP contribution in [0, 0.1) is 16.7 Å². The summed E-state index contributed by atoms with van der Waals surface area (Å²) >= 11 is 3.27. The molecule has 2 aromatic rings. The summed E-state index contributed by atoms with van der Waals surface area (Å²) in [5.41, 5.74) is -0.0153. The van der Waals surface area contributed by atoms with Crippen LogP contribution >= 0.6 is 22.7 Å². The van der Waals surface area contributed by atoms with Gasteiger partial charge in [0.1, 0.15) is 5.01 Å². The van der Waals surface area contributed by atoms with Gasteiger partial charge >= 0.3 is 5.97 Å². The fourth-order valence-electron chi connectivity index (χ4n) is 5.33. The fourth-order valence-corrected chi connectivity index (χ4v) is 7.29. The lowest BCUT2D eigenvalue weighted by Crippen LogP contribution is -2.57. The van der Waals surface area contributed by atoms with Gasteiger partial charge < -0.3 is 15.3 Å². The normalized spacial score (nSPS) is 35.5. The zero-order valence-electron chi connectivity index (χ0n) is 15.5. The maximum absolute atomic E-state index is 11.7. The molecule has 2 aliphatic carbocycles. The Morgan fingerprint density at radius 3 is 2.81 bits per heavy atom. The number of aromatic nitrogens is 1. The van der Waals surface area contributed by atoms with Gasteiger partial charge in [-0.05, 0) is 42.0 Å². The molecule has 0 aliphatic heterocycles. The molecule has 5 nitrogen and oxygen atoms in total. The number of fused-ring (bicyclic) bond motifs is 2. The van der Waals surface area contributed by atoms with E-state index < -0.39 is 17.5 Å². The number of aliphatic hydroxyl groups is 2. The van der Waals surface area contributed by atoms with Gasteiger partial charge in [-0.2, -0.15) is 0 Å². The molecular formula is C20H25NO4S2. The standard InChI is InChI=1S/C20H25NO4S2/c1-19-6-5-15(23)20(2,10-22)14(19)9-13-17(11(19)8-16(24)25)21-18(27-13)12-4-3-7-26-12/h3-4,7,11,14-15,22-23H,5-6,8-10H2,1-2H3,(H,24,25)/t11-,14+,15-,19+,20+/m1/s1. The number of rotatable bonds is 4. The van der Waals surface area contributed by atoms with E-state index >= 15 is 0 Å². The number of carbonyl (C=O) groups is 1. The molecule has 0 bridgehead atoms. The predicted octanol–water partition coefficient (Wildman–Crippen LogP) is 3.76. The van der Waals surface area contributed by atoms with E-state index in [4.69, 9.17) is 4.98 Å². The minimum Gasteiger partial charge on any atom is -0.481 e. The van der Waals surface area contributed by atoms with Crippen molar-refractivity contribution in [2.45, 2.75) is 51.6 Å². The van der Waals surface area contributed by atoms with E-state index in [0.29, 0.717) is 6.42 Å². The van der Waals surface area contributed by atoms with Crippen LogP contribution in [0.25, 0.3) is 9.88 Å². The number of thiazole rings is 1. The molecule has 0 aromatic carbocycles. The molecule has 2 aliphatic rings. The number of hydrogen-bond donors (Lipinski definition) is 3. The Morgan fingerprint density at radius 2 is 2.19 bits per heavy atom. The average molecular weight is 408 g/mol. The van der Waals surface area contributed by atoms with Crippen LogP contribution < -0.4 is 0 Å². The molecule has 0 radical (unpaired) electrons. The van der Waals surface area contributed by atoms with Gasteiger partial charge in [-0.1, -0.05) is 19.9 Å². The molecular weight excluding hydrogens is 382 g/mol. The molecule has 4 rings (SSSR count). The first-order chi connectivity index (χ1) is 12.8. The molecule has 0 spiro atoms. The maximum atomic E-state index is 11.7. The van der Waals surface area contributed by atoms with Crippen molar-refractivity contribution < 1.29 is 20.1 Å². The van der Waals surface area contributed by atoms with Gasteiger partial charge in [-0.25, -0.2) is 4.98 Å². The Hall–Kier alpha value is -1.28. The molecule has 7 heteroatoms. The Bertz CT molecular complexity index is 848. The Morgan fingerprint density at radius 1 is 1.41 bits per heavy atom. The summed E-state index contributed by atoms with van der Waals surface area (Å²) in [5, 5.41) is 33.4. The van der Waals surface area contributed by atoms with E-state index in [1.165, 1.54) is 0 Å². The summed E-state index contributed by atoms with van der Waals surface area (Å²) < 4.78 is 0. The molecule has 1 fully saturated rings. The van der Waals surface area contributed by atoms with Crippen LogP contribution in [0.4, 0.5) is 0 Å². The first kappa shape index (κ1) is 19.1. The molecule has 3 N–H and O–H groups in total. The number of thiophene rings is 1. The van der Waals surface area contributed by atoms with Crippen molar-refractivity contribution in [3.05, 3.63) is 28.1 Å². The highest BCUT2D eigenvalue weighted by Gasteiger charge is 2.59. The quantitative estimate of drug-likeness (QED) is 0.718. The number of carboxylic acid groups (broad SMARTS) is 1. The van der Waals surface area contributed by atoms with E-state index in [1.807, 2.05) is 24.4 Å². The second-order valence-corrected chi connectivity index (χ2v) is 10.5.